The second-order valence-electron chi connectivity index (χ2n) is 4.69. The number of hydrogen-bond donors (Lipinski definition) is 0. The normalized spacial score (nSPS) is 17.7. The molecule has 0 amide bonds. The van der Waals surface area contributed by atoms with Crippen LogP contribution in [0.5, 0.6) is 5.75 Å². The second-order valence-corrected chi connectivity index (χ2v) is 4.69. The van der Waals surface area contributed by atoms with Crippen molar-refractivity contribution in [3.05, 3.63) is 29.8 Å². The van der Waals surface area contributed by atoms with E-state index < -0.39 is 11.7 Å². The summed E-state index contributed by atoms with van der Waals surface area (Å²) in [7, 11) is 1.70. The van der Waals surface area contributed by atoms with Crippen LogP contribution in [0.3, 0.4) is 0 Å². The third kappa shape index (κ3) is 3.98. The fourth-order valence-corrected chi connectivity index (χ4v) is 1.91. The van der Waals surface area contributed by atoms with Crippen LogP contribution in [0.1, 0.15) is 24.8 Å². The predicted molar refractivity (Wildman–Crippen MR) is 67.6 cm³/mol. The molecule has 1 saturated carbocycles. The predicted octanol–water partition coefficient (Wildman–Crippen LogP) is 3.95. The number of benzene rings is 1. The van der Waals surface area contributed by atoms with Gasteiger partial charge in [-0.1, -0.05) is 0 Å². The lowest BCUT2D eigenvalue weighted by atomic mass is 10.1. The van der Waals surface area contributed by atoms with Crippen LogP contribution >= 0.6 is 0 Å². The zero-order valence-corrected chi connectivity index (χ0v) is 10.7. The molecule has 0 bridgehead atoms. The molecular formula is C14H16F3NO. The number of ether oxygens (including phenoxy) is 1. The van der Waals surface area contributed by atoms with E-state index in [2.05, 4.69) is 4.99 Å². The number of hydrogen-bond acceptors (Lipinski definition) is 2. The molecule has 1 aliphatic rings. The van der Waals surface area contributed by atoms with Crippen molar-refractivity contribution in [3.8, 4) is 5.75 Å². The smallest absolute Gasteiger partial charge is 0.416 e. The number of alkyl halides is 3. The zero-order valence-electron chi connectivity index (χ0n) is 10.7. The maximum Gasteiger partial charge on any atom is 0.416 e. The Kier molecular flexibility index (Phi) is 4.12. The minimum Gasteiger partial charge on any atom is -0.490 e. The number of rotatable bonds is 5. The summed E-state index contributed by atoms with van der Waals surface area (Å²) in [4.78, 5) is 3.92. The Balaban J connectivity index is 2.01. The maximum atomic E-state index is 12.4. The van der Waals surface area contributed by atoms with Gasteiger partial charge in [0, 0.05) is 19.7 Å². The summed E-state index contributed by atoms with van der Waals surface area (Å²) in [5.41, 5.74) is -0.655. The van der Waals surface area contributed by atoms with Crippen molar-refractivity contribution >= 4 is 6.21 Å². The van der Waals surface area contributed by atoms with Crippen LogP contribution in [0.15, 0.2) is 29.3 Å². The highest BCUT2D eigenvalue weighted by molar-refractivity contribution is 5.57. The summed E-state index contributed by atoms with van der Waals surface area (Å²) in [5.74, 6) is 0.981. The highest BCUT2D eigenvalue weighted by Crippen LogP contribution is 2.37. The van der Waals surface area contributed by atoms with Gasteiger partial charge in [-0.15, -0.1) is 0 Å². The first kappa shape index (κ1) is 13.9. The van der Waals surface area contributed by atoms with E-state index >= 15 is 0 Å². The molecule has 2 nitrogen and oxygen atoms in total. The highest BCUT2D eigenvalue weighted by atomic mass is 19.4. The van der Waals surface area contributed by atoms with Crippen molar-refractivity contribution in [1.82, 2.24) is 0 Å². The molecule has 0 radical (unpaired) electrons. The summed E-state index contributed by atoms with van der Waals surface area (Å²) < 4.78 is 43.0. The average molecular weight is 271 g/mol. The highest BCUT2D eigenvalue weighted by Gasteiger charge is 2.33. The standard InChI is InChI=1S/C14H16F3NO/c1-18-9-8-13(10-2-3-10)19-12-6-4-11(5-7-12)14(15,16)17/h4-7,9-10,13H,2-3,8H2,1H3. The van der Waals surface area contributed by atoms with Crippen LogP contribution in [0.2, 0.25) is 0 Å². The quantitative estimate of drug-likeness (QED) is 0.743. The van der Waals surface area contributed by atoms with E-state index in [9.17, 15) is 13.2 Å². The van der Waals surface area contributed by atoms with Gasteiger partial charge in [-0.05, 0) is 43.0 Å². The molecule has 1 aromatic carbocycles. The molecule has 1 aliphatic carbocycles. The minimum absolute atomic E-state index is 0.0143. The molecule has 5 heteroatoms. The molecular weight excluding hydrogens is 255 g/mol. The van der Waals surface area contributed by atoms with Crippen molar-refractivity contribution in [2.24, 2.45) is 10.9 Å². The van der Waals surface area contributed by atoms with Crippen LogP contribution in [-0.2, 0) is 6.18 Å². The second kappa shape index (κ2) is 5.63. The van der Waals surface area contributed by atoms with Crippen molar-refractivity contribution in [2.45, 2.75) is 31.5 Å². The van der Waals surface area contributed by atoms with Gasteiger partial charge in [-0.2, -0.15) is 13.2 Å². The Hall–Kier alpha value is -1.52. The molecule has 0 saturated heterocycles. The van der Waals surface area contributed by atoms with Crippen LogP contribution in [0, 0.1) is 5.92 Å². The maximum absolute atomic E-state index is 12.4. The summed E-state index contributed by atoms with van der Waals surface area (Å²) in [6.45, 7) is 0. The van der Waals surface area contributed by atoms with Crippen molar-refractivity contribution < 1.29 is 17.9 Å². The summed E-state index contributed by atoms with van der Waals surface area (Å²) in [6.07, 6.45) is 0.421. The van der Waals surface area contributed by atoms with Crippen molar-refractivity contribution in [3.63, 3.8) is 0 Å². The first-order valence-electron chi connectivity index (χ1n) is 6.25. The monoisotopic (exact) mass is 271 g/mol. The van der Waals surface area contributed by atoms with Crippen LogP contribution < -0.4 is 4.74 Å². The van der Waals surface area contributed by atoms with E-state index in [0.29, 0.717) is 18.1 Å². The van der Waals surface area contributed by atoms with Gasteiger partial charge in [-0.25, -0.2) is 0 Å². The molecule has 1 aromatic rings. The third-order valence-corrected chi connectivity index (χ3v) is 3.14. The summed E-state index contributed by atoms with van der Waals surface area (Å²) >= 11 is 0. The Morgan fingerprint density at radius 2 is 1.95 bits per heavy atom. The lowest BCUT2D eigenvalue weighted by molar-refractivity contribution is -0.137. The van der Waals surface area contributed by atoms with Gasteiger partial charge in [0.1, 0.15) is 11.9 Å². The molecule has 0 aliphatic heterocycles. The number of aliphatic imine (C=N–C) groups is 1. The molecule has 19 heavy (non-hydrogen) atoms. The van der Waals surface area contributed by atoms with Crippen molar-refractivity contribution in [1.29, 1.82) is 0 Å². The number of nitrogens with zero attached hydrogens (tertiary/aromatic N) is 1. The Labute approximate surface area is 110 Å². The molecule has 0 aromatic heterocycles. The Bertz CT molecular complexity index is 435. The molecule has 1 atom stereocenters. The van der Waals surface area contributed by atoms with E-state index in [-0.39, 0.29) is 6.10 Å². The number of halogens is 3. The van der Waals surface area contributed by atoms with E-state index in [1.807, 2.05) is 0 Å². The van der Waals surface area contributed by atoms with E-state index in [4.69, 9.17) is 4.74 Å². The van der Waals surface area contributed by atoms with E-state index in [1.165, 1.54) is 12.1 Å². The van der Waals surface area contributed by atoms with Gasteiger partial charge < -0.3 is 9.73 Å². The Morgan fingerprint density at radius 3 is 2.42 bits per heavy atom. The lowest BCUT2D eigenvalue weighted by Gasteiger charge is -2.17. The first-order valence-corrected chi connectivity index (χ1v) is 6.25. The SMILES string of the molecule is CN=CCC(Oc1ccc(C(F)(F)F)cc1)C1CC1. The van der Waals surface area contributed by atoms with Crippen LogP contribution in [-0.4, -0.2) is 19.4 Å². The molecule has 2 rings (SSSR count). The van der Waals surface area contributed by atoms with Crippen LogP contribution in [0.4, 0.5) is 13.2 Å². The minimum atomic E-state index is -4.30. The van der Waals surface area contributed by atoms with E-state index in [0.717, 1.165) is 25.0 Å². The molecule has 1 unspecified atom stereocenters. The van der Waals surface area contributed by atoms with Gasteiger partial charge in [0.05, 0.1) is 5.56 Å². The molecule has 0 heterocycles. The van der Waals surface area contributed by atoms with Gasteiger partial charge in [0.2, 0.25) is 0 Å². The summed E-state index contributed by atoms with van der Waals surface area (Å²) in [5, 5.41) is 0. The fraction of sp³-hybridized carbons (Fsp3) is 0.500. The first-order chi connectivity index (χ1) is 9.00. The fourth-order valence-electron chi connectivity index (χ4n) is 1.91. The zero-order chi connectivity index (χ0) is 13.9. The molecule has 0 N–H and O–H groups in total. The van der Waals surface area contributed by atoms with Crippen LogP contribution in [0.25, 0.3) is 0 Å². The molecule has 104 valence electrons. The van der Waals surface area contributed by atoms with Gasteiger partial charge >= 0.3 is 6.18 Å². The van der Waals surface area contributed by atoms with Gasteiger partial charge in [0.15, 0.2) is 0 Å². The molecule has 1 fully saturated rings. The average Bonchev–Trinajstić information content (AvgIpc) is 3.18. The summed E-state index contributed by atoms with van der Waals surface area (Å²) in [6, 6.07) is 4.85. The van der Waals surface area contributed by atoms with Gasteiger partial charge in [-0.3, -0.25) is 0 Å². The van der Waals surface area contributed by atoms with Gasteiger partial charge in [0.25, 0.3) is 0 Å². The largest absolute Gasteiger partial charge is 0.490 e. The topological polar surface area (TPSA) is 21.6 Å². The Morgan fingerprint density at radius 1 is 1.32 bits per heavy atom. The van der Waals surface area contributed by atoms with E-state index in [1.54, 1.807) is 13.3 Å². The molecule has 0 spiro atoms. The third-order valence-electron chi connectivity index (χ3n) is 3.14. The lowest BCUT2D eigenvalue weighted by Crippen LogP contribution is -2.19. The van der Waals surface area contributed by atoms with Crippen molar-refractivity contribution in [2.75, 3.05) is 7.05 Å².